The van der Waals surface area contributed by atoms with Crippen LogP contribution in [0, 0.1) is 0 Å². The molecule has 0 unspecified atom stereocenters. The topological polar surface area (TPSA) is 52.8 Å². The highest BCUT2D eigenvalue weighted by Gasteiger charge is 2.31. The van der Waals surface area contributed by atoms with Crippen molar-refractivity contribution in [3.8, 4) is 0 Å². The Bertz CT molecular complexity index is 815. The third-order valence-corrected chi connectivity index (χ3v) is 5.44. The van der Waals surface area contributed by atoms with Crippen LogP contribution in [-0.4, -0.2) is 60.0 Å². The van der Waals surface area contributed by atoms with E-state index >= 15 is 0 Å². The van der Waals surface area contributed by atoms with Gasteiger partial charge in [0.05, 0.1) is 24.6 Å². The molecule has 0 aromatic heterocycles. The number of nitrogens with zero attached hydrogens (tertiary/aromatic N) is 3. The first-order valence-electron chi connectivity index (χ1n) is 10.5. The Morgan fingerprint density at radius 2 is 1.41 bits per heavy atom. The molecule has 0 saturated carbocycles. The van der Waals surface area contributed by atoms with Crippen LogP contribution in [0.1, 0.15) is 31.4 Å². The first-order valence-corrected chi connectivity index (χ1v) is 10.5. The standard InChI is InChI=1S/C24H32N4O/c1-3-26(4-2)16-11-17-27-19-28(18-22(25)29)24(21-14-9-6-10-15-21)23(27)20-12-7-5-8-13-20/h5-10,12-15H,3-4,11,16-19H2,1-2H3,(H2,25,29). The van der Waals surface area contributed by atoms with E-state index in [2.05, 4.69) is 64.9 Å². The molecule has 0 radical (unpaired) electrons. The summed E-state index contributed by atoms with van der Waals surface area (Å²) in [6.07, 6.45) is 1.07. The first-order chi connectivity index (χ1) is 14.1. The van der Waals surface area contributed by atoms with E-state index in [0.717, 1.165) is 43.9 Å². The van der Waals surface area contributed by atoms with E-state index in [-0.39, 0.29) is 12.5 Å². The summed E-state index contributed by atoms with van der Waals surface area (Å²) in [7, 11) is 0. The summed E-state index contributed by atoms with van der Waals surface area (Å²) in [4.78, 5) is 18.7. The molecule has 0 saturated heterocycles. The molecule has 2 aromatic rings. The van der Waals surface area contributed by atoms with Crippen molar-refractivity contribution in [2.45, 2.75) is 20.3 Å². The molecule has 0 bridgehead atoms. The van der Waals surface area contributed by atoms with Crippen molar-refractivity contribution >= 4 is 17.3 Å². The van der Waals surface area contributed by atoms with E-state index in [1.165, 1.54) is 11.3 Å². The number of carbonyl (C=O) groups excluding carboxylic acids is 1. The monoisotopic (exact) mass is 392 g/mol. The van der Waals surface area contributed by atoms with E-state index in [4.69, 9.17) is 5.73 Å². The molecule has 29 heavy (non-hydrogen) atoms. The molecule has 0 atom stereocenters. The highest BCUT2D eigenvalue weighted by atomic mass is 16.1. The molecule has 1 heterocycles. The van der Waals surface area contributed by atoms with Gasteiger partial charge in [0.25, 0.3) is 0 Å². The van der Waals surface area contributed by atoms with Gasteiger partial charge in [-0.2, -0.15) is 0 Å². The molecular weight excluding hydrogens is 360 g/mol. The Morgan fingerprint density at radius 1 is 0.897 bits per heavy atom. The number of amides is 1. The predicted molar refractivity (Wildman–Crippen MR) is 120 cm³/mol. The van der Waals surface area contributed by atoms with Crippen molar-refractivity contribution < 1.29 is 4.79 Å². The molecule has 3 rings (SSSR count). The van der Waals surface area contributed by atoms with Crippen LogP contribution in [0.15, 0.2) is 60.7 Å². The molecule has 154 valence electrons. The van der Waals surface area contributed by atoms with Crippen molar-refractivity contribution in [1.29, 1.82) is 0 Å². The van der Waals surface area contributed by atoms with Crippen LogP contribution in [-0.2, 0) is 4.79 Å². The first kappa shape index (κ1) is 20.9. The average molecular weight is 393 g/mol. The Morgan fingerprint density at radius 3 is 1.90 bits per heavy atom. The number of nitrogens with two attached hydrogens (primary N) is 1. The molecule has 1 amide bonds. The van der Waals surface area contributed by atoms with Gasteiger partial charge >= 0.3 is 0 Å². The van der Waals surface area contributed by atoms with Gasteiger partial charge in [0, 0.05) is 12.1 Å². The summed E-state index contributed by atoms with van der Waals surface area (Å²) in [6, 6.07) is 20.7. The summed E-state index contributed by atoms with van der Waals surface area (Å²) in [5.74, 6) is -0.309. The molecule has 0 fully saturated rings. The predicted octanol–water partition coefficient (Wildman–Crippen LogP) is 3.30. The van der Waals surface area contributed by atoms with Crippen molar-refractivity contribution in [3.63, 3.8) is 0 Å². The summed E-state index contributed by atoms with van der Waals surface area (Å²) >= 11 is 0. The van der Waals surface area contributed by atoms with Gasteiger partial charge in [-0.05, 0) is 31.6 Å². The SMILES string of the molecule is CCN(CC)CCCN1CN(CC(N)=O)C(c2ccccc2)=C1c1ccccc1. The fourth-order valence-corrected chi connectivity index (χ4v) is 4.00. The summed E-state index contributed by atoms with van der Waals surface area (Å²) < 4.78 is 0. The molecule has 0 spiro atoms. The number of hydrogen-bond donors (Lipinski definition) is 1. The van der Waals surface area contributed by atoms with E-state index < -0.39 is 0 Å². The lowest BCUT2D eigenvalue weighted by Crippen LogP contribution is -2.35. The zero-order valence-electron chi connectivity index (χ0n) is 17.6. The molecule has 1 aliphatic rings. The molecule has 2 aromatic carbocycles. The fourth-order valence-electron chi connectivity index (χ4n) is 4.00. The summed E-state index contributed by atoms with van der Waals surface area (Å²) in [5, 5.41) is 0. The van der Waals surface area contributed by atoms with Crippen LogP contribution in [0.5, 0.6) is 0 Å². The van der Waals surface area contributed by atoms with Gasteiger partial charge in [0.2, 0.25) is 5.91 Å². The lowest BCUT2D eigenvalue weighted by molar-refractivity contribution is -0.118. The van der Waals surface area contributed by atoms with Crippen LogP contribution < -0.4 is 5.73 Å². The number of rotatable bonds is 10. The minimum atomic E-state index is -0.309. The zero-order valence-corrected chi connectivity index (χ0v) is 17.6. The highest BCUT2D eigenvalue weighted by molar-refractivity contribution is 5.92. The van der Waals surface area contributed by atoms with Crippen molar-refractivity contribution in [2.24, 2.45) is 5.73 Å². The quantitative estimate of drug-likeness (QED) is 0.674. The van der Waals surface area contributed by atoms with Crippen molar-refractivity contribution in [2.75, 3.05) is 39.4 Å². The van der Waals surface area contributed by atoms with E-state index in [1.54, 1.807) is 0 Å². The Kier molecular flexibility index (Phi) is 7.30. The Hall–Kier alpha value is -2.79. The lowest BCUT2D eigenvalue weighted by atomic mass is 10.0. The van der Waals surface area contributed by atoms with Crippen molar-refractivity contribution in [1.82, 2.24) is 14.7 Å². The largest absolute Gasteiger partial charge is 0.368 e. The van der Waals surface area contributed by atoms with Gasteiger partial charge in [0.15, 0.2) is 0 Å². The molecular formula is C24H32N4O. The van der Waals surface area contributed by atoms with Crippen LogP contribution in [0.2, 0.25) is 0 Å². The third-order valence-electron chi connectivity index (χ3n) is 5.44. The minimum absolute atomic E-state index is 0.215. The molecule has 5 nitrogen and oxygen atoms in total. The normalized spacial score (nSPS) is 14.2. The number of hydrogen-bond acceptors (Lipinski definition) is 4. The molecule has 0 aliphatic carbocycles. The van der Waals surface area contributed by atoms with Crippen LogP contribution in [0.3, 0.4) is 0 Å². The van der Waals surface area contributed by atoms with Gasteiger partial charge in [0.1, 0.15) is 0 Å². The van der Waals surface area contributed by atoms with Gasteiger partial charge in [-0.25, -0.2) is 0 Å². The van der Waals surface area contributed by atoms with E-state index in [0.29, 0.717) is 6.67 Å². The lowest BCUT2D eigenvalue weighted by Gasteiger charge is -2.25. The smallest absolute Gasteiger partial charge is 0.237 e. The maximum atomic E-state index is 11.8. The maximum Gasteiger partial charge on any atom is 0.237 e. The van der Waals surface area contributed by atoms with Gasteiger partial charge in [-0.15, -0.1) is 0 Å². The number of carbonyl (C=O) groups is 1. The number of benzene rings is 2. The van der Waals surface area contributed by atoms with Gasteiger partial charge in [-0.1, -0.05) is 74.5 Å². The zero-order chi connectivity index (χ0) is 20.6. The molecule has 2 N–H and O–H groups in total. The van der Waals surface area contributed by atoms with Crippen LogP contribution in [0.25, 0.3) is 11.4 Å². The Labute approximate surface area is 174 Å². The summed E-state index contributed by atoms with van der Waals surface area (Å²) in [5.41, 5.74) is 10.1. The van der Waals surface area contributed by atoms with Gasteiger partial charge < -0.3 is 20.4 Å². The summed E-state index contributed by atoms with van der Waals surface area (Å²) in [6.45, 7) is 9.45. The van der Waals surface area contributed by atoms with Crippen LogP contribution >= 0.6 is 0 Å². The minimum Gasteiger partial charge on any atom is -0.368 e. The molecule has 5 heteroatoms. The highest BCUT2D eigenvalue weighted by Crippen LogP contribution is 2.37. The number of primary amides is 1. The van der Waals surface area contributed by atoms with E-state index in [9.17, 15) is 4.79 Å². The second-order valence-electron chi connectivity index (χ2n) is 7.38. The average Bonchev–Trinajstić information content (AvgIpc) is 3.09. The van der Waals surface area contributed by atoms with Crippen LogP contribution in [0.4, 0.5) is 0 Å². The third kappa shape index (κ3) is 5.18. The van der Waals surface area contributed by atoms with Gasteiger partial charge in [-0.3, -0.25) is 4.79 Å². The van der Waals surface area contributed by atoms with Crippen molar-refractivity contribution in [3.05, 3.63) is 71.8 Å². The second kappa shape index (κ2) is 10.1. The van der Waals surface area contributed by atoms with E-state index in [1.807, 2.05) is 24.3 Å². The molecule has 1 aliphatic heterocycles. The maximum absolute atomic E-state index is 11.8. The fraction of sp³-hybridized carbons (Fsp3) is 0.375. The Balaban J connectivity index is 1.97. The second-order valence-corrected chi connectivity index (χ2v) is 7.38.